The molecule has 1 unspecified atom stereocenters. The molecule has 3 N–H and O–H groups in total. The summed E-state index contributed by atoms with van der Waals surface area (Å²) in [5, 5.41) is 4.29. The number of ether oxygens (including phenoxy) is 1. The number of nitrogens with two attached hydrogens (primary N) is 1. The SMILES string of the molecule is NC(C(=O)Nc1ccccc1OC(F)F)c1cccs1. The highest BCUT2D eigenvalue weighted by Gasteiger charge is 2.18. The number of carbonyl (C=O) groups excluding carboxylic acids is 1. The molecule has 0 spiro atoms. The molecule has 0 aliphatic heterocycles. The maximum atomic E-state index is 12.3. The number of amides is 1. The van der Waals surface area contributed by atoms with Crippen LogP contribution in [-0.4, -0.2) is 12.5 Å². The Morgan fingerprint density at radius 2 is 2.00 bits per heavy atom. The van der Waals surface area contributed by atoms with Gasteiger partial charge in [-0.3, -0.25) is 4.79 Å². The van der Waals surface area contributed by atoms with Crippen molar-refractivity contribution in [1.29, 1.82) is 0 Å². The molecule has 0 fully saturated rings. The summed E-state index contributed by atoms with van der Waals surface area (Å²) < 4.78 is 28.9. The van der Waals surface area contributed by atoms with Crippen LogP contribution in [0.2, 0.25) is 0 Å². The molecule has 1 aromatic carbocycles. The van der Waals surface area contributed by atoms with Crippen molar-refractivity contribution in [2.24, 2.45) is 5.73 Å². The van der Waals surface area contributed by atoms with Gasteiger partial charge in [0.2, 0.25) is 5.91 Å². The normalized spacial score (nSPS) is 12.2. The molecule has 1 aromatic heterocycles. The number of carbonyl (C=O) groups is 1. The molecule has 1 heterocycles. The fourth-order valence-corrected chi connectivity index (χ4v) is 2.30. The van der Waals surface area contributed by atoms with Crippen LogP contribution in [-0.2, 0) is 4.79 Å². The number of hydrogen-bond acceptors (Lipinski definition) is 4. The van der Waals surface area contributed by atoms with Gasteiger partial charge in [0.25, 0.3) is 0 Å². The molecule has 0 aliphatic carbocycles. The second-order valence-corrected chi connectivity index (χ2v) is 4.84. The van der Waals surface area contributed by atoms with Gasteiger partial charge in [-0.2, -0.15) is 8.78 Å². The van der Waals surface area contributed by atoms with Gasteiger partial charge in [0, 0.05) is 4.88 Å². The molecule has 4 nitrogen and oxygen atoms in total. The van der Waals surface area contributed by atoms with Gasteiger partial charge in [0.05, 0.1) is 5.69 Å². The van der Waals surface area contributed by atoms with E-state index in [0.717, 1.165) is 0 Å². The zero-order chi connectivity index (χ0) is 14.5. The van der Waals surface area contributed by atoms with Crippen LogP contribution in [0.1, 0.15) is 10.9 Å². The lowest BCUT2D eigenvalue weighted by molar-refractivity contribution is -0.117. The first-order valence-electron chi connectivity index (χ1n) is 5.71. The predicted octanol–water partition coefficient (Wildman–Crippen LogP) is 2.99. The van der Waals surface area contributed by atoms with Crippen molar-refractivity contribution in [3.05, 3.63) is 46.7 Å². The van der Waals surface area contributed by atoms with E-state index in [4.69, 9.17) is 5.73 Å². The average Bonchev–Trinajstić information content (AvgIpc) is 2.93. The Hall–Kier alpha value is -1.99. The molecule has 1 amide bonds. The van der Waals surface area contributed by atoms with E-state index in [0.29, 0.717) is 4.88 Å². The summed E-state index contributed by atoms with van der Waals surface area (Å²) in [5.74, 6) is -0.591. The van der Waals surface area contributed by atoms with Crippen LogP contribution in [0.3, 0.4) is 0 Å². The van der Waals surface area contributed by atoms with Crippen molar-refractivity contribution in [2.75, 3.05) is 5.32 Å². The van der Waals surface area contributed by atoms with Crippen LogP contribution >= 0.6 is 11.3 Å². The van der Waals surface area contributed by atoms with Crippen molar-refractivity contribution in [1.82, 2.24) is 0 Å². The molecule has 2 rings (SSSR count). The number of hydrogen-bond donors (Lipinski definition) is 2. The highest BCUT2D eigenvalue weighted by Crippen LogP contribution is 2.27. The van der Waals surface area contributed by atoms with Crippen LogP contribution in [0.25, 0.3) is 0 Å². The summed E-state index contributed by atoms with van der Waals surface area (Å²) in [5.41, 5.74) is 5.95. The zero-order valence-electron chi connectivity index (χ0n) is 10.3. The summed E-state index contributed by atoms with van der Waals surface area (Å²) in [6, 6.07) is 8.61. The van der Waals surface area contributed by atoms with Gasteiger partial charge >= 0.3 is 6.61 Å². The lowest BCUT2D eigenvalue weighted by atomic mass is 10.2. The second kappa shape index (κ2) is 6.44. The average molecular weight is 298 g/mol. The highest BCUT2D eigenvalue weighted by atomic mass is 32.1. The van der Waals surface area contributed by atoms with E-state index in [2.05, 4.69) is 10.1 Å². The molecular formula is C13H12F2N2O2S. The van der Waals surface area contributed by atoms with Crippen LogP contribution in [0, 0.1) is 0 Å². The van der Waals surface area contributed by atoms with E-state index in [9.17, 15) is 13.6 Å². The summed E-state index contributed by atoms with van der Waals surface area (Å²) in [6.07, 6.45) is 0. The molecule has 1 atom stereocenters. The van der Waals surface area contributed by atoms with Crippen LogP contribution in [0.15, 0.2) is 41.8 Å². The Morgan fingerprint density at radius 1 is 1.25 bits per heavy atom. The molecule has 20 heavy (non-hydrogen) atoms. The highest BCUT2D eigenvalue weighted by molar-refractivity contribution is 7.10. The molecular weight excluding hydrogens is 286 g/mol. The van der Waals surface area contributed by atoms with E-state index in [1.807, 2.05) is 0 Å². The monoisotopic (exact) mass is 298 g/mol. The first-order chi connectivity index (χ1) is 9.58. The number of nitrogens with one attached hydrogen (secondary N) is 1. The minimum absolute atomic E-state index is 0.103. The molecule has 0 radical (unpaired) electrons. The van der Waals surface area contributed by atoms with Crippen LogP contribution in [0.4, 0.5) is 14.5 Å². The lowest BCUT2D eigenvalue weighted by Gasteiger charge is -2.14. The summed E-state index contributed by atoms with van der Waals surface area (Å²) in [7, 11) is 0. The van der Waals surface area contributed by atoms with Gasteiger partial charge in [-0.1, -0.05) is 18.2 Å². The Labute approximate surface area is 118 Å². The van der Waals surface area contributed by atoms with Crippen molar-refractivity contribution in [3.8, 4) is 5.75 Å². The summed E-state index contributed by atoms with van der Waals surface area (Å²) in [4.78, 5) is 12.7. The van der Waals surface area contributed by atoms with E-state index in [1.165, 1.54) is 29.5 Å². The standard InChI is InChI=1S/C13H12F2N2O2S/c14-13(15)19-9-5-2-1-4-8(9)17-12(18)11(16)10-6-3-7-20-10/h1-7,11,13H,16H2,(H,17,18). The summed E-state index contributed by atoms with van der Waals surface area (Å²) >= 11 is 1.35. The first kappa shape index (κ1) is 14.4. The maximum absolute atomic E-state index is 12.3. The molecule has 0 aliphatic rings. The quantitative estimate of drug-likeness (QED) is 0.892. The molecule has 2 aromatic rings. The van der Waals surface area contributed by atoms with Crippen molar-refractivity contribution >= 4 is 22.9 Å². The zero-order valence-corrected chi connectivity index (χ0v) is 11.1. The van der Waals surface area contributed by atoms with Gasteiger partial charge in [-0.15, -0.1) is 11.3 Å². The fourth-order valence-electron chi connectivity index (χ4n) is 1.58. The Balaban J connectivity index is 2.11. The Bertz CT molecular complexity index is 576. The minimum atomic E-state index is -2.96. The van der Waals surface area contributed by atoms with Gasteiger partial charge in [-0.05, 0) is 23.6 Å². The summed E-state index contributed by atoms with van der Waals surface area (Å²) in [6.45, 7) is -2.96. The van der Waals surface area contributed by atoms with Crippen molar-refractivity contribution < 1.29 is 18.3 Å². The number of benzene rings is 1. The van der Waals surface area contributed by atoms with E-state index in [-0.39, 0.29) is 11.4 Å². The first-order valence-corrected chi connectivity index (χ1v) is 6.59. The van der Waals surface area contributed by atoms with Crippen molar-refractivity contribution in [3.63, 3.8) is 0 Å². The fraction of sp³-hybridized carbons (Fsp3) is 0.154. The van der Waals surface area contributed by atoms with Crippen molar-refractivity contribution in [2.45, 2.75) is 12.7 Å². The topological polar surface area (TPSA) is 64.4 Å². The van der Waals surface area contributed by atoms with Crippen LogP contribution < -0.4 is 15.8 Å². The number of halogens is 2. The van der Waals surface area contributed by atoms with Gasteiger partial charge < -0.3 is 15.8 Å². The number of anilines is 1. The van der Waals surface area contributed by atoms with E-state index < -0.39 is 18.6 Å². The van der Waals surface area contributed by atoms with Gasteiger partial charge in [0.15, 0.2) is 0 Å². The lowest BCUT2D eigenvalue weighted by Crippen LogP contribution is -2.27. The molecule has 7 heteroatoms. The van der Waals surface area contributed by atoms with E-state index in [1.54, 1.807) is 23.6 Å². The third-order valence-electron chi connectivity index (χ3n) is 2.49. The molecule has 0 saturated heterocycles. The molecule has 0 saturated carbocycles. The smallest absolute Gasteiger partial charge is 0.387 e. The Kier molecular flexibility index (Phi) is 4.65. The third-order valence-corrected chi connectivity index (χ3v) is 3.45. The maximum Gasteiger partial charge on any atom is 0.387 e. The number of thiophene rings is 1. The second-order valence-electron chi connectivity index (χ2n) is 3.86. The minimum Gasteiger partial charge on any atom is -0.433 e. The number of alkyl halides is 2. The largest absolute Gasteiger partial charge is 0.433 e. The third kappa shape index (κ3) is 3.52. The molecule has 0 bridgehead atoms. The van der Waals surface area contributed by atoms with E-state index >= 15 is 0 Å². The molecule has 106 valence electrons. The number of para-hydroxylation sites is 2. The van der Waals surface area contributed by atoms with Crippen LogP contribution in [0.5, 0.6) is 5.75 Å². The Morgan fingerprint density at radius 3 is 2.65 bits per heavy atom. The van der Waals surface area contributed by atoms with Gasteiger partial charge in [-0.25, -0.2) is 0 Å². The number of rotatable bonds is 5. The predicted molar refractivity (Wildman–Crippen MR) is 73.0 cm³/mol. The van der Waals surface area contributed by atoms with Gasteiger partial charge in [0.1, 0.15) is 11.8 Å².